The van der Waals surface area contributed by atoms with E-state index in [1.165, 1.54) is 12.8 Å². The fourth-order valence-corrected chi connectivity index (χ4v) is 4.00. The number of para-hydroxylation sites is 1. The molecule has 1 N–H and O–H groups in total. The molecule has 0 fully saturated rings. The first-order chi connectivity index (χ1) is 12.8. The van der Waals surface area contributed by atoms with Gasteiger partial charge in [-0.2, -0.15) is 0 Å². The number of pyridine rings is 1. The largest absolute Gasteiger partial charge is 0.352 e. The number of hydrogen-bond acceptors (Lipinski definition) is 2. The molecular weight excluding hydrogens is 324 g/mol. The van der Waals surface area contributed by atoms with Crippen LogP contribution in [0.15, 0.2) is 47.3 Å². The van der Waals surface area contributed by atoms with Crippen LogP contribution in [0.3, 0.4) is 0 Å². The van der Waals surface area contributed by atoms with Crippen LogP contribution >= 0.6 is 0 Å². The predicted octanol–water partition coefficient (Wildman–Crippen LogP) is 4.24. The highest BCUT2D eigenvalue weighted by atomic mass is 16.1. The third-order valence-electron chi connectivity index (χ3n) is 5.34. The van der Waals surface area contributed by atoms with Crippen molar-refractivity contribution in [2.45, 2.75) is 45.1 Å². The van der Waals surface area contributed by atoms with Crippen molar-refractivity contribution >= 4 is 27.6 Å². The van der Waals surface area contributed by atoms with Crippen LogP contribution in [-0.4, -0.2) is 17.0 Å². The van der Waals surface area contributed by atoms with Crippen LogP contribution in [0.4, 0.5) is 0 Å². The first-order valence-electron chi connectivity index (χ1n) is 9.60. The molecule has 4 nitrogen and oxygen atoms in total. The highest BCUT2D eigenvalue weighted by Gasteiger charge is 2.17. The molecule has 0 aliphatic carbocycles. The average molecular weight is 348 g/mol. The molecule has 2 aromatic carbocycles. The van der Waals surface area contributed by atoms with E-state index >= 15 is 0 Å². The van der Waals surface area contributed by atoms with Crippen LogP contribution in [0.1, 0.15) is 48.9 Å². The minimum Gasteiger partial charge on any atom is -0.352 e. The third kappa shape index (κ3) is 3.00. The number of benzene rings is 2. The lowest BCUT2D eigenvalue weighted by Crippen LogP contribution is -2.27. The van der Waals surface area contributed by atoms with Crippen molar-refractivity contribution in [3.63, 3.8) is 0 Å². The molecule has 3 aromatic rings. The van der Waals surface area contributed by atoms with E-state index < -0.39 is 0 Å². The highest BCUT2D eigenvalue weighted by Crippen LogP contribution is 2.26. The van der Waals surface area contributed by atoms with Crippen LogP contribution in [0.25, 0.3) is 21.7 Å². The van der Waals surface area contributed by atoms with Crippen molar-refractivity contribution in [3.05, 3.63) is 58.4 Å². The number of aromatic nitrogens is 1. The quantitative estimate of drug-likeness (QED) is 0.618. The van der Waals surface area contributed by atoms with E-state index in [9.17, 15) is 9.59 Å². The Bertz CT molecular complexity index is 1020. The van der Waals surface area contributed by atoms with Gasteiger partial charge in [0.05, 0.1) is 11.1 Å². The molecule has 0 unspecified atom stereocenters. The molecule has 0 radical (unpaired) electrons. The first kappa shape index (κ1) is 16.8. The number of aryl methyl sites for hydroxylation is 1. The van der Waals surface area contributed by atoms with Gasteiger partial charge in [0.15, 0.2) is 0 Å². The van der Waals surface area contributed by atoms with Gasteiger partial charge in [-0.1, -0.05) is 56.0 Å². The van der Waals surface area contributed by atoms with Crippen LogP contribution in [0.5, 0.6) is 0 Å². The van der Waals surface area contributed by atoms with Crippen LogP contribution in [-0.2, 0) is 6.54 Å². The number of carbonyl (C=O) groups excluding carboxylic acids is 1. The number of amides is 1. The van der Waals surface area contributed by atoms with Crippen molar-refractivity contribution in [1.29, 1.82) is 0 Å². The van der Waals surface area contributed by atoms with Gasteiger partial charge in [0, 0.05) is 23.9 Å². The number of carbonyl (C=O) groups is 1. The van der Waals surface area contributed by atoms with E-state index in [-0.39, 0.29) is 11.5 Å². The second kappa shape index (κ2) is 7.32. The lowest BCUT2D eigenvalue weighted by molar-refractivity contribution is 0.0954. The third-order valence-corrected chi connectivity index (χ3v) is 5.34. The Balaban J connectivity index is 2.00. The van der Waals surface area contributed by atoms with E-state index in [0.29, 0.717) is 18.7 Å². The zero-order valence-electron chi connectivity index (χ0n) is 15.0. The molecule has 1 amide bonds. The van der Waals surface area contributed by atoms with Gasteiger partial charge in [0.1, 0.15) is 0 Å². The SMILES string of the molecule is O=C1NCCCCCCCCn2c(=O)c3ccccc3c3cccc1c32. The van der Waals surface area contributed by atoms with Crippen LogP contribution in [0.2, 0.25) is 0 Å². The van der Waals surface area contributed by atoms with Gasteiger partial charge < -0.3 is 9.88 Å². The summed E-state index contributed by atoms with van der Waals surface area (Å²) in [5, 5.41) is 5.65. The average Bonchev–Trinajstić information content (AvgIpc) is 2.69. The smallest absolute Gasteiger partial charge is 0.258 e. The molecule has 4 heteroatoms. The summed E-state index contributed by atoms with van der Waals surface area (Å²) in [6.45, 7) is 1.34. The predicted molar refractivity (Wildman–Crippen MR) is 106 cm³/mol. The lowest BCUT2D eigenvalue weighted by atomic mass is 10.0. The fourth-order valence-electron chi connectivity index (χ4n) is 4.00. The molecule has 0 saturated heterocycles. The Morgan fingerprint density at radius 1 is 0.731 bits per heavy atom. The molecule has 0 saturated carbocycles. The molecule has 2 heterocycles. The Hall–Kier alpha value is -2.62. The van der Waals surface area contributed by atoms with Gasteiger partial charge >= 0.3 is 0 Å². The molecule has 0 bridgehead atoms. The summed E-state index contributed by atoms with van der Waals surface area (Å²) in [4.78, 5) is 26.0. The summed E-state index contributed by atoms with van der Waals surface area (Å²) in [5.74, 6) is -0.0849. The number of rotatable bonds is 0. The molecule has 1 aliphatic heterocycles. The summed E-state index contributed by atoms with van der Waals surface area (Å²) in [5.41, 5.74) is 1.38. The van der Waals surface area contributed by atoms with Gasteiger partial charge in [-0.3, -0.25) is 9.59 Å². The summed E-state index contributed by atoms with van der Waals surface area (Å²) < 4.78 is 1.82. The highest BCUT2D eigenvalue weighted by molar-refractivity contribution is 6.13. The van der Waals surface area contributed by atoms with E-state index in [0.717, 1.165) is 47.4 Å². The molecule has 134 valence electrons. The number of nitrogens with zero attached hydrogens (tertiary/aromatic N) is 1. The minimum absolute atomic E-state index is 0.00298. The van der Waals surface area contributed by atoms with Crippen molar-refractivity contribution in [1.82, 2.24) is 9.88 Å². The second-order valence-electron chi connectivity index (χ2n) is 7.08. The minimum atomic E-state index is -0.0849. The number of nitrogens with one attached hydrogen (secondary N) is 1. The summed E-state index contributed by atoms with van der Waals surface area (Å²) >= 11 is 0. The molecule has 1 aromatic heterocycles. The van der Waals surface area contributed by atoms with E-state index in [1.54, 1.807) is 0 Å². The lowest BCUT2D eigenvalue weighted by Gasteiger charge is -2.16. The summed E-state index contributed by atoms with van der Waals surface area (Å²) in [7, 11) is 0. The van der Waals surface area contributed by atoms with Gasteiger partial charge in [0.25, 0.3) is 11.5 Å². The van der Waals surface area contributed by atoms with Gasteiger partial charge in [-0.25, -0.2) is 0 Å². The number of fused-ring (bicyclic) bond motifs is 2. The standard InChI is InChI=1S/C22H24N2O2/c25-21-19-13-9-12-17-16-10-5-6-11-18(16)22(26)24(20(17)19)15-8-4-2-1-3-7-14-23-21/h5-6,9-13H,1-4,7-8,14-15H2,(H,23,25). The second-order valence-corrected chi connectivity index (χ2v) is 7.08. The maximum Gasteiger partial charge on any atom is 0.258 e. The zero-order valence-corrected chi connectivity index (χ0v) is 15.0. The molecule has 0 atom stereocenters. The Morgan fingerprint density at radius 2 is 1.42 bits per heavy atom. The Labute approximate surface area is 152 Å². The monoisotopic (exact) mass is 348 g/mol. The van der Waals surface area contributed by atoms with Gasteiger partial charge in [-0.05, 0) is 30.4 Å². The van der Waals surface area contributed by atoms with Crippen molar-refractivity contribution in [2.75, 3.05) is 6.54 Å². The van der Waals surface area contributed by atoms with Gasteiger partial charge in [0.2, 0.25) is 0 Å². The number of hydrogen-bond donors (Lipinski definition) is 1. The normalized spacial score (nSPS) is 16.5. The van der Waals surface area contributed by atoms with Crippen molar-refractivity contribution in [2.24, 2.45) is 0 Å². The maximum atomic E-state index is 13.2. The van der Waals surface area contributed by atoms with E-state index in [4.69, 9.17) is 0 Å². The molecule has 26 heavy (non-hydrogen) atoms. The van der Waals surface area contributed by atoms with Crippen LogP contribution < -0.4 is 10.9 Å². The molecule has 1 aliphatic rings. The molecule has 4 rings (SSSR count). The fraction of sp³-hybridized carbons (Fsp3) is 0.364. The molecular formula is C22H24N2O2. The first-order valence-corrected chi connectivity index (χ1v) is 9.60. The topological polar surface area (TPSA) is 51.1 Å². The van der Waals surface area contributed by atoms with E-state index in [1.807, 2.05) is 47.0 Å². The zero-order chi connectivity index (χ0) is 17.9. The summed E-state index contributed by atoms with van der Waals surface area (Å²) in [6, 6.07) is 13.5. The molecule has 0 spiro atoms. The Kier molecular flexibility index (Phi) is 4.74. The maximum absolute atomic E-state index is 13.2. The van der Waals surface area contributed by atoms with Crippen molar-refractivity contribution < 1.29 is 4.79 Å². The van der Waals surface area contributed by atoms with E-state index in [2.05, 4.69) is 5.32 Å². The van der Waals surface area contributed by atoms with Crippen molar-refractivity contribution in [3.8, 4) is 0 Å². The summed E-state index contributed by atoms with van der Waals surface area (Å²) in [6.07, 6.45) is 6.59. The van der Waals surface area contributed by atoms with Gasteiger partial charge in [-0.15, -0.1) is 0 Å². The Morgan fingerprint density at radius 3 is 2.27 bits per heavy atom. The van der Waals surface area contributed by atoms with Crippen LogP contribution in [0, 0.1) is 0 Å².